The number of aliphatic carboxylic acids is 1. The van der Waals surface area contributed by atoms with Crippen LogP contribution in [0, 0.1) is 13.8 Å². The summed E-state index contributed by atoms with van der Waals surface area (Å²) < 4.78 is 16.1. The zero-order valence-corrected chi connectivity index (χ0v) is 33.4. The van der Waals surface area contributed by atoms with Crippen molar-refractivity contribution >= 4 is 69.3 Å². The Morgan fingerprint density at radius 3 is 2.61 bits per heavy atom. The van der Waals surface area contributed by atoms with Crippen molar-refractivity contribution < 1.29 is 38.5 Å². The molecule has 57 heavy (non-hydrogen) atoms. The minimum Gasteiger partial charge on any atom is -0.481 e. The Balaban J connectivity index is 1.07. The number of nitrogens with one attached hydrogen (secondary N) is 3. The molecule has 3 aromatic rings. The SMILES string of the molecule is Cc1nc(Nc2ncc(C(=O)Nc3c(C)cccc3Cl)s2)cc(N2CCN(CCOC(=O)NCCOCCOCC(=O)N(CCCN=[N+]=[N-])CCC(=O)O)CC2)n1. The molecule has 0 atom stereocenters. The minimum atomic E-state index is -1.02. The van der Waals surface area contributed by atoms with Crippen LogP contribution in [-0.2, 0) is 23.8 Å². The summed E-state index contributed by atoms with van der Waals surface area (Å²) in [6.07, 6.45) is 1.15. The molecular weight excluding hydrogens is 784 g/mol. The predicted molar refractivity (Wildman–Crippen MR) is 213 cm³/mol. The summed E-state index contributed by atoms with van der Waals surface area (Å²) in [6, 6.07) is 7.27. The van der Waals surface area contributed by atoms with Crippen LogP contribution in [0.5, 0.6) is 0 Å². The molecule has 2 aromatic heterocycles. The largest absolute Gasteiger partial charge is 0.481 e. The third-order valence-electron chi connectivity index (χ3n) is 8.40. The number of para-hydroxylation sites is 1. The van der Waals surface area contributed by atoms with E-state index in [4.69, 9.17) is 36.4 Å². The Morgan fingerprint density at radius 2 is 1.86 bits per heavy atom. The van der Waals surface area contributed by atoms with E-state index in [1.54, 1.807) is 6.07 Å². The van der Waals surface area contributed by atoms with Crippen molar-refractivity contribution in [2.75, 3.05) is 107 Å². The highest BCUT2D eigenvalue weighted by Gasteiger charge is 2.21. The van der Waals surface area contributed by atoms with E-state index in [1.807, 2.05) is 32.0 Å². The van der Waals surface area contributed by atoms with Crippen molar-refractivity contribution in [2.45, 2.75) is 26.7 Å². The molecule has 0 radical (unpaired) electrons. The molecule has 0 bridgehead atoms. The molecule has 1 fully saturated rings. The van der Waals surface area contributed by atoms with Crippen LogP contribution in [0.1, 0.15) is 33.9 Å². The average Bonchev–Trinajstić information content (AvgIpc) is 3.65. The predicted octanol–water partition coefficient (Wildman–Crippen LogP) is 4.08. The van der Waals surface area contributed by atoms with E-state index in [-0.39, 0.29) is 77.4 Å². The molecular formula is C35H47ClN12O8S. The van der Waals surface area contributed by atoms with Gasteiger partial charge in [0.05, 0.1) is 43.1 Å². The van der Waals surface area contributed by atoms with Gasteiger partial charge in [-0.2, -0.15) is 0 Å². The number of aromatic nitrogens is 3. The van der Waals surface area contributed by atoms with Gasteiger partial charge in [-0.1, -0.05) is 40.2 Å². The van der Waals surface area contributed by atoms with Crippen molar-refractivity contribution in [3.8, 4) is 0 Å². The highest BCUT2D eigenvalue weighted by molar-refractivity contribution is 7.17. The Bertz CT molecular complexity index is 1840. The number of benzene rings is 1. The first-order chi connectivity index (χ1) is 27.5. The summed E-state index contributed by atoms with van der Waals surface area (Å²) in [5, 5.41) is 22.0. The fourth-order valence-corrected chi connectivity index (χ4v) is 6.46. The lowest BCUT2D eigenvalue weighted by Gasteiger charge is -2.35. The summed E-state index contributed by atoms with van der Waals surface area (Å²) in [5.74, 6) is 0.206. The second-order valence-electron chi connectivity index (χ2n) is 12.6. The van der Waals surface area contributed by atoms with E-state index in [0.29, 0.717) is 58.4 Å². The van der Waals surface area contributed by atoms with Crippen LogP contribution in [-0.4, -0.2) is 146 Å². The second kappa shape index (κ2) is 23.7. The number of thiazole rings is 1. The van der Waals surface area contributed by atoms with Crippen LogP contribution in [0.3, 0.4) is 0 Å². The normalized spacial score (nSPS) is 12.7. The Hall–Kier alpha value is -5.31. The van der Waals surface area contributed by atoms with Crippen molar-refractivity contribution in [3.63, 3.8) is 0 Å². The zero-order valence-electron chi connectivity index (χ0n) is 31.8. The number of carboxylic acid groups (broad SMARTS) is 1. The average molecular weight is 831 g/mol. The Kier molecular flexibility index (Phi) is 18.5. The smallest absolute Gasteiger partial charge is 0.407 e. The molecule has 20 nitrogen and oxygen atoms in total. The van der Waals surface area contributed by atoms with E-state index in [1.165, 1.54) is 22.4 Å². The van der Waals surface area contributed by atoms with E-state index in [0.717, 1.165) is 24.5 Å². The summed E-state index contributed by atoms with van der Waals surface area (Å²) in [6.45, 7) is 8.37. The standard InChI is InChI=1S/C35H47ClN12O8S/c1-24-5-3-6-26(36)32(24)44-33(52)27-22-39-34(57-27)43-28-21-29(42-25(2)41-28)47-14-12-46(13-15-47)16-18-56-35(53)38-9-17-54-19-20-55-23-30(49)48(11-7-31(50)51)10-4-8-40-45-37/h3,5-6,21-22H,4,7-20,23H2,1-2H3,(H,38,53)(H,44,52)(H,50,51)(H,39,41,42,43). The minimum absolute atomic E-state index is 0.0289. The first-order valence-electron chi connectivity index (χ1n) is 18.2. The molecule has 0 unspecified atom stereocenters. The van der Waals surface area contributed by atoms with Gasteiger partial charge in [0, 0.05) is 69.9 Å². The highest BCUT2D eigenvalue weighted by Crippen LogP contribution is 2.28. The van der Waals surface area contributed by atoms with Gasteiger partial charge in [0.15, 0.2) is 5.13 Å². The van der Waals surface area contributed by atoms with Gasteiger partial charge in [0.1, 0.15) is 35.6 Å². The monoisotopic (exact) mass is 830 g/mol. The number of ether oxygens (including phenoxy) is 3. The Labute approximate surface area is 338 Å². The molecule has 1 aliphatic heterocycles. The van der Waals surface area contributed by atoms with E-state index >= 15 is 0 Å². The number of carbonyl (C=O) groups is 4. The van der Waals surface area contributed by atoms with Gasteiger partial charge in [-0.3, -0.25) is 19.3 Å². The van der Waals surface area contributed by atoms with Gasteiger partial charge in [0.25, 0.3) is 5.91 Å². The molecule has 308 valence electrons. The molecule has 0 aliphatic carbocycles. The molecule has 22 heteroatoms. The van der Waals surface area contributed by atoms with Crippen LogP contribution in [0.15, 0.2) is 35.6 Å². The van der Waals surface area contributed by atoms with Crippen LogP contribution in [0.4, 0.5) is 27.2 Å². The number of aryl methyl sites for hydroxylation is 2. The number of nitrogens with zero attached hydrogens (tertiary/aromatic N) is 9. The van der Waals surface area contributed by atoms with Crippen molar-refractivity contribution in [1.29, 1.82) is 0 Å². The number of hydrogen-bond acceptors (Lipinski definition) is 15. The molecule has 1 aromatic carbocycles. The maximum atomic E-state index is 12.9. The van der Waals surface area contributed by atoms with E-state index in [2.05, 4.69) is 50.7 Å². The maximum absolute atomic E-state index is 12.9. The van der Waals surface area contributed by atoms with Gasteiger partial charge in [-0.05, 0) is 37.4 Å². The quantitative estimate of drug-likeness (QED) is 0.0455. The maximum Gasteiger partial charge on any atom is 0.407 e. The van der Waals surface area contributed by atoms with Crippen LogP contribution in [0.25, 0.3) is 10.4 Å². The van der Waals surface area contributed by atoms with Gasteiger partial charge in [-0.15, -0.1) is 0 Å². The number of anilines is 4. The lowest BCUT2D eigenvalue weighted by Crippen LogP contribution is -2.48. The third-order valence-corrected chi connectivity index (χ3v) is 9.62. The highest BCUT2D eigenvalue weighted by atomic mass is 35.5. The Morgan fingerprint density at radius 1 is 1.07 bits per heavy atom. The van der Waals surface area contributed by atoms with Crippen LogP contribution in [0.2, 0.25) is 5.02 Å². The number of alkyl carbamates (subject to hydrolysis) is 1. The van der Waals surface area contributed by atoms with Gasteiger partial charge in [0.2, 0.25) is 5.91 Å². The lowest BCUT2D eigenvalue weighted by molar-refractivity contribution is -0.140. The number of carboxylic acids is 1. The number of azide groups is 1. The molecule has 4 rings (SSSR count). The molecule has 0 spiro atoms. The topological polar surface area (TPSA) is 249 Å². The number of amides is 3. The first-order valence-corrected chi connectivity index (χ1v) is 19.4. The lowest BCUT2D eigenvalue weighted by atomic mass is 10.2. The van der Waals surface area contributed by atoms with Gasteiger partial charge in [-0.25, -0.2) is 19.7 Å². The fraction of sp³-hybridized carbons (Fsp3) is 0.514. The first kappa shape index (κ1) is 44.4. The summed E-state index contributed by atoms with van der Waals surface area (Å²) in [4.78, 5) is 70.6. The zero-order chi connectivity index (χ0) is 41.0. The molecule has 1 saturated heterocycles. The molecule has 0 saturated carbocycles. The molecule has 3 heterocycles. The van der Waals surface area contributed by atoms with Gasteiger partial charge < -0.3 is 45.1 Å². The molecule has 1 aliphatic rings. The van der Waals surface area contributed by atoms with Crippen molar-refractivity contribution in [1.82, 2.24) is 30.1 Å². The third kappa shape index (κ3) is 15.6. The molecule has 3 amide bonds. The van der Waals surface area contributed by atoms with Gasteiger partial charge >= 0.3 is 12.1 Å². The number of rotatable bonds is 23. The van der Waals surface area contributed by atoms with Crippen molar-refractivity contribution in [3.05, 3.63) is 62.2 Å². The van der Waals surface area contributed by atoms with E-state index in [9.17, 15) is 19.2 Å². The number of carbonyl (C=O) groups excluding carboxylic acids is 3. The van der Waals surface area contributed by atoms with E-state index < -0.39 is 12.1 Å². The van der Waals surface area contributed by atoms with Crippen LogP contribution < -0.4 is 20.9 Å². The molecule has 4 N–H and O–H groups in total. The summed E-state index contributed by atoms with van der Waals surface area (Å²) >= 11 is 7.47. The van der Waals surface area contributed by atoms with Crippen molar-refractivity contribution in [2.24, 2.45) is 5.11 Å². The number of hydrogen-bond donors (Lipinski definition) is 4. The van der Waals surface area contributed by atoms with Crippen LogP contribution >= 0.6 is 22.9 Å². The second-order valence-corrected chi connectivity index (χ2v) is 14.0. The summed E-state index contributed by atoms with van der Waals surface area (Å²) in [7, 11) is 0. The number of piperazine rings is 1. The fourth-order valence-electron chi connectivity index (χ4n) is 5.47. The summed E-state index contributed by atoms with van der Waals surface area (Å²) in [5.41, 5.74) is 9.80. The number of halogens is 1.